The Morgan fingerprint density at radius 3 is 2.35 bits per heavy atom. The highest BCUT2D eigenvalue weighted by Gasteiger charge is 2.35. The predicted octanol–water partition coefficient (Wildman–Crippen LogP) is 4.33. The van der Waals surface area contributed by atoms with Crippen LogP contribution in [0.2, 0.25) is 0 Å². The number of ether oxygens (including phenoxy) is 1. The van der Waals surface area contributed by atoms with Gasteiger partial charge in [-0.3, -0.25) is 0 Å². The fraction of sp³-hybridized carbons (Fsp3) is 0.182. The number of sulfone groups is 1. The van der Waals surface area contributed by atoms with E-state index < -0.39 is 38.3 Å². The lowest BCUT2D eigenvalue weighted by Crippen LogP contribution is -2.19. The maximum Gasteiger partial charge on any atom is 0.354 e. The van der Waals surface area contributed by atoms with E-state index in [4.69, 9.17) is 9.84 Å². The zero-order chi connectivity index (χ0) is 22.8. The number of benzene rings is 2. The van der Waals surface area contributed by atoms with Crippen LogP contribution in [0.3, 0.4) is 0 Å². The largest absolute Gasteiger partial charge is 0.494 e. The Bertz CT molecular complexity index is 1230. The molecule has 0 unspecified atom stereocenters. The molecule has 0 aliphatic carbocycles. The van der Waals surface area contributed by atoms with Gasteiger partial charge >= 0.3 is 5.97 Å². The van der Waals surface area contributed by atoms with E-state index in [1.165, 1.54) is 37.3 Å². The number of hydrogen-bond acceptors (Lipinski definition) is 5. The summed E-state index contributed by atoms with van der Waals surface area (Å²) in [7, 11) is -4.28. The van der Waals surface area contributed by atoms with Gasteiger partial charge in [0.1, 0.15) is 28.3 Å². The van der Waals surface area contributed by atoms with Crippen LogP contribution in [-0.4, -0.2) is 31.1 Å². The van der Waals surface area contributed by atoms with E-state index in [1.54, 1.807) is 6.92 Å². The molecule has 0 aliphatic rings. The Labute approximate surface area is 178 Å². The number of aromatic nitrogens is 1. The third-order valence-corrected chi connectivity index (χ3v) is 6.72. The Kier molecular flexibility index (Phi) is 6.35. The van der Waals surface area contributed by atoms with Crippen molar-refractivity contribution in [3.8, 4) is 5.75 Å². The first-order valence-corrected chi connectivity index (χ1v) is 10.8. The highest BCUT2D eigenvalue weighted by atomic mass is 32.2. The zero-order valence-electron chi connectivity index (χ0n) is 16.7. The molecule has 6 nitrogen and oxygen atoms in total. The monoisotopic (exact) mass is 447 g/mol. The van der Waals surface area contributed by atoms with Crippen molar-refractivity contribution in [3.05, 3.63) is 88.7 Å². The quantitative estimate of drug-likeness (QED) is 0.580. The van der Waals surface area contributed by atoms with Crippen molar-refractivity contribution in [1.29, 1.82) is 0 Å². The van der Waals surface area contributed by atoms with Crippen molar-refractivity contribution in [1.82, 2.24) is 4.98 Å². The molecule has 31 heavy (non-hydrogen) atoms. The molecular formula is C22H19F2NO5S. The zero-order valence-corrected chi connectivity index (χ0v) is 17.5. The van der Waals surface area contributed by atoms with Crippen molar-refractivity contribution in [3.63, 3.8) is 0 Å². The molecule has 1 heterocycles. The molecule has 1 N–H and O–H groups in total. The number of hydrogen-bond donors (Lipinski definition) is 1. The number of nitrogens with zero attached hydrogens (tertiary/aromatic N) is 1. The summed E-state index contributed by atoms with van der Waals surface area (Å²) in [6, 6.07) is 9.31. The molecule has 0 radical (unpaired) electrons. The number of aromatic carboxylic acids is 1. The lowest BCUT2D eigenvalue weighted by molar-refractivity contribution is 0.0690. The molecule has 0 fully saturated rings. The Balaban J connectivity index is 2.23. The second-order valence-corrected chi connectivity index (χ2v) is 8.76. The number of halogens is 2. The van der Waals surface area contributed by atoms with E-state index >= 15 is 0 Å². The lowest BCUT2D eigenvalue weighted by Gasteiger charge is -2.21. The number of pyridine rings is 1. The molecule has 1 aromatic heterocycles. The summed E-state index contributed by atoms with van der Waals surface area (Å²) in [4.78, 5) is 14.9. The van der Waals surface area contributed by atoms with E-state index in [-0.39, 0.29) is 21.7 Å². The SMILES string of the molecule is CCOc1ccc(S(=O)(=O)[C@H](c2cnc(C(=O)O)cc2C)c2cc(F)ccc2F)cc1. The van der Waals surface area contributed by atoms with Crippen molar-refractivity contribution in [2.75, 3.05) is 6.61 Å². The van der Waals surface area contributed by atoms with Crippen molar-refractivity contribution in [2.24, 2.45) is 0 Å². The molecule has 0 saturated heterocycles. The van der Waals surface area contributed by atoms with Gasteiger partial charge in [-0.05, 0) is 73.5 Å². The molecule has 9 heteroatoms. The first-order chi connectivity index (χ1) is 14.6. The van der Waals surface area contributed by atoms with E-state index in [2.05, 4.69) is 4.98 Å². The van der Waals surface area contributed by atoms with Crippen molar-refractivity contribution in [2.45, 2.75) is 24.0 Å². The van der Waals surface area contributed by atoms with Crippen LogP contribution in [0.5, 0.6) is 5.75 Å². The first kappa shape index (κ1) is 22.4. The molecule has 0 amide bonds. The highest BCUT2D eigenvalue weighted by molar-refractivity contribution is 7.92. The maximum absolute atomic E-state index is 14.7. The minimum Gasteiger partial charge on any atom is -0.494 e. The van der Waals surface area contributed by atoms with Gasteiger partial charge in [0.2, 0.25) is 0 Å². The average Bonchev–Trinajstić information content (AvgIpc) is 2.72. The van der Waals surface area contributed by atoms with Crippen LogP contribution in [0, 0.1) is 18.6 Å². The second-order valence-electron chi connectivity index (χ2n) is 6.73. The Hall–Kier alpha value is -3.33. The van der Waals surface area contributed by atoms with E-state index in [0.29, 0.717) is 12.4 Å². The van der Waals surface area contributed by atoms with Gasteiger partial charge in [0, 0.05) is 11.8 Å². The van der Waals surface area contributed by atoms with Crippen molar-refractivity contribution >= 4 is 15.8 Å². The van der Waals surface area contributed by atoms with Crippen LogP contribution in [0.25, 0.3) is 0 Å². The molecule has 3 rings (SSSR count). The summed E-state index contributed by atoms with van der Waals surface area (Å²) in [6.07, 6.45) is 1.07. The van der Waals surface area contributed by atoms with Crippen molar-refractivity contribution < 1.29 is 31.8 Å². The lowest BCUT2D eigenvalue weighted by atomic mass is 10.0. The average molecular weight is 447 g/mol. The molecule has 0 spiro atoms. The molecule has 2 aromatic carbocycles. The number of carboxylic acid groups (broad SMARTS) is 1. The maximum atomic E-state index is 14.7. The van der Waals surface area contributed by atoms with Crippen LogP contribution in [0.15, 0.2) is 59.6 Å². The van der Waals surface area contributed by atoms with Gasteiger partial charge in [-0.2, -0.15) is 0 Å². The fourth-order valence-corrected chi connectivity index (χ4v) is 5.09. The summed E-state index contributed by atoms with van der Waals surface area (Å²) in [5.74, 6) is -2.56. The summed E-state index contributed by atoms with van der Waals surface area (Å²) < 4.78 is 61.1. The Morgan fingerprint density at radius 1 is 1.10 bits per heavy atom. The van der Waals surface area contributed by atoms with Gasteiger partial charge in [-0.15, -0.1) is 0 Å². The number of carbonyl (C=O) groups is 1. The van der Waals surface area contributed by atoms with Crippen LogP contribution in [0.1, 0.15) is 39.4 Å². The topological polar surface area (TPSA) is 93.6 Å². The molecule has 0 bridgehead atoms. The second kappa shape index (κ2) is 8.81. The van der Waals surface area contributed by atoms with E-state index in [1.807, 2.05) is 0 Å². The number of carboxylic acids is 1. The molecular weight excluding hydrogens is 428 g/mol. The van der Waals surface area contributed by atoms with Crippen LogP contribution in [0.4, 0.5) is 8.78 Å². The van der Waals surface area contributed by atoms with Gasteiger partial charge < -0.3 is 9.84 Å². The first-order valence-electron chi connectivity index (χ1n) is 9.26. The van der Waals surface area contributed by atoms with Crippen LogP contribution >= 0.6 is 0 Å². The van der Waals surface area contributed by atoms with Crippen LogP contribution < -0.4 is 4.74 Å². The molecule has 0 saturated carbocycles. The minimum atomic E-state index is -4.28. The third-order valence-electron chi connectivity index (χ3n) is 4.67. The molecule has 3 aromatic rings. The van der Waals surface area contributed by atoms with E-state index in [9.17, 15) is 22.0 Å². The van der Waals surface area contributed by atoms with Gasteiger partial charge in [0.15, 0.2) is 9.84 Å². The van der Waals surface area contributed by atoms with Crippen LogP contribution in [-0.2, 0) is 9.84 Å². The summed E-state index contributed by atoms with van der Waals surface area (Å²) in [5, 5.41) is 7.50. The summed E-state index contributed by atoms with van der Waals surface area (Å²) >= 11 is 0. The molecule has 162 valence electrons. The number of rotatable bonds is 7. The standard InChI is InChI=1S/C22H19F2NO5S/c1-3-30-15-5-7-16(8-6-15)31(28,29)21(17-11-14(23)4-9-19(17)24)18-12-25-20(22(26)27)10-13(18)2/h4-12,21H,3H2,1-2H3,(H,26,27)/t21-/m0/s1. The predicted molar refractivity (Wildman–Crippen MR) is 109 cm³/mol. The van der Waals surface area contributed by atoms with Gasteiger partial charge in [0.05, 0.1) is 11.5 Å². The molecule has 0 aliphatic heterocycles. The van der Waals surface area contributed by atoms with Gasteiger partial charge in [-0.1, -0.05) is 0 Å². The highest BCUT2D eigenvalue weighted by Crippen LogP contribution is 2.38. The Morgan fingerprint density at radius 2 is 1.77 bits per heavy atom. The third kappa shape index (κ3) is 4.56. The summed E-state index contributed by atoms with van der Waals surface area (Å²) in [5.41, 5.74) is -0.390. The van der Waals surface area contributed by atoms with Gasteiger partial charge in [-0.25, -0.2) is 27.0 Å². The molecule has 1 atom stereocenters. The normalized spacial score (nSPS) is 12.4. The summed E-state index contributed by atoms with van der Waals surface area (Å²) in [6.45, 7) is 3.66. The minimum absolute atomic E-state index is 0.0448. The van der Waals surface area contributed by atoms with E-state index in [0.717, 1.165) is 24.4 Å². The smallest absolute Gasteiger partial charge is 0.354 e. The fourth-order valence-electron chi connectivity index (χ4n) is 3.20. The van der Waals surface area contributed by atoms with Gasteiger partial charge in [0.25, 0.3) is 0 Å². The number of aryl methyl sites for hydroxylation is 1.